The first kappa shape index (κ1) is 28.5. The Labute approximate surface area is 225 Å². The summed E-state index contributed by atoms with van der Waals surface area (Å²) >= 11 is 5.52. The molecule has 0 bridgehead atoms. The fourth-order valence-electron chi connectivity index (χ4n) is 6.73. The second-order valence-corrected chi connectivity index (χ2v) is 12.0. The van der Waals surface area contributed by atoms with Crippen molar-refractivity contribution in [1.82, 2.24) is 0 Å². The lowest BCUT2D eigenvalue weighted by Gasteiger charge is -2.32. The second kappa shape index (κ2) is 13.5. The third kappa shape index (κ3) is 7.52. The molecule has 0 aromatic heterocycles. The molecule has 0 unspecified atom stereocenters. The highest BCUT2D eigenvalue weighted by Crippen LogP contribution is 2.42. The van der Waals surface area contributed by atoms with Crippen LogP contribution in [0.2, 0.25) is 5.02 Å². The number of halogens is 5. The maximum atomic E-state index is 14.9. The first-order valence-corrected chi connectivity index (χ1v) is 14.9. The third-order valence-corrected chi connectivity index (χ3v) is 9.43. The maximum Gasteiger partial charge on any atom is 0.145 e. The highest BCUT2D eigenvalue weighted by molar-refractivity contribution is 6.31. The standard InChI is InChI=1S/C32H41ClF4/c1-2-3-4-5-6-21-7-9-22(10-8-21)11-12-23-13-15-24(16-14-23)25-17-27(34)31(28(35)18-25)26-19-29(36)32(33)30(37)20-26/h17-24H,2-16H2,1H3/t21-,22-,23-,24-. The average Bonchev–Trinajstić information content (AvgIpc) is 2.89. The monoisotopic (exact) mass is 536 g/mol. The van der Waals surface area contributed by atoms with Gasteiger partial charge in [0.2, 0.25) is 0 Å². The van der Waals surface area contributed by atoms with E-state index in [4.69, 9.17) is 11.6 Å². The van der Waals surface area contributed by atoms with E-state index in [2.05, 4.69) is 6.92 Å². The van der Waals surface area contributed by atoms with E-state index >= 15 is 0 Å². The Kier molecular flexibility index (Phi) is 10.4. The molecule has 0 aliphatic heterocycles. The minimum Gasteiger partial charge on any atom is -0.206 e. The smallest absolute Gasteiger partial charge is 0.145 e. The lowest BCUT2D eigenvalue weighted by Crippen LogP contribution is -2.18. The molecule has 0 amide bonds. The van der Waals surface area contributed by atoms with Crippen molar-refractivity contribution >= 4 is 11.6 Å². The van der Waals surface area contributed by atoms with Gasteiger partial charge in [-0.25, -0.2) is 17.6 Å². The SMILES string of the molecule is CCCCCC[C@H]1CC[C@H](CC[C@H]2CC[C@H](c3cc(F)c(-c4cc(F)c(Cl)c(F)c4)c(F)c3)CC2)CC1. The van der Waals surface area contributed by atoms with Gasteiger partial charge < -0.3 is 0 Å². The third-order valence-electron chi connectivity index (χ3n) is 9.07. The fourth-order valence-corrected chi connectivity index (χ4v) is 6.84. The van der Waals surface area contributed by atoms with Crippen LogP contribution in [0.5, 0.6) is 0 Å². The van der Waals surface area contributed by atoms with E-state index in [1.165, 1.54) is 82.8 Å². The molecule has 0 N–H and O–H groups in total. The molecule has 0 saturated heterocycles. The molecule has 2 aliphatic rings. The van der Waals surface area contributed by atoms with Gasteiger partial charge in [-0.15, -0.1) is 0 Å². The number of unbranched alkanes of at least 4 members (excludes halogenated alkanes) is 3. The number of hydrogen-bond donors (Lipinski definition) is 0. The summed E-state index contributed by atoms with van der Waals surface area (Å²) in [5.74, 6) is -0.996. The molecule has 0 heterocycles. The number of rotatable bonds is 10. The van der Waals surface area contributed by atoms with Crippen LogP contribution < -0.4 is 0 Å². The second-order valence-electron chi connectivity index (χ2n) is 11.6. The molecular formula is C32H41ClF4. The zero-order valence-electron chi connectivity index (χ0n) is 22.1. The summed E-state index contributed by atoms with van der Waals surface area (Å²) in [6, 6.07) is 4.43. The van der Waals surface area contributed by atoms with Gasteiger partial charge in [0.15, 0.2) is 0 Å². The lowest BCUT2D eigenvalue weighted by atomic mass is 9.74. The molecule has 2 fully saturated rings. The predicted molar refractivity (Wildman–Crippen MR) is 145 cm³/mol. The minimum absolute atomic E-state index is 0.121. The van der Waals surface area contributed by atoms with Crippen LogP contribution in [0.15, 0.2) is 24.3 Å². The molecule has 5 heteroatoms. The van der Waals surface area contributed by atoms with Crippen molar-refractivity contribution in [3.63, 3.8) is 0 Å². The van der Waals surface area contributed by atoms with E-state index in [9.17, 15) is 17.6 Å². The molecule has 2 saturated carbocycles. The van der Waals surface area contributed by atoms with Crippen molar-refractivity contribution in [2.45, 2.75) is 109 Å². The predicted octanol–water partition coefficient (Wildman–Crippen LogP) is 11.4. The van der Waals surface area contributed by atoms with Crippen molar-refractivity contribution in [2.24, 2.45) is 17.8 Å². The van der Waals surface area contributed by atoms with Crippen LogP contribution in [0.25, 0.3) is 11.1 Å². The van der Waals surface area contributed by atoms with Crippen LogP contribution in [-0.2, 0) is 0 Å². The molecule has 2 aliphatic carbocycles. The molecule has 4 rings (SSSR count). The molecule has 2 aromatic carbocycles. The average molecular weight is 537 g/mol. The number of benzene rings is 2. The van der Waals surface area contributed by atoms with Gasteiger partial charge in [-0.3, -0.25) is 0 Å². The summed E-state index contributed by atoms with van der Waals surface area (Å²) in [4.78, 5) is 0. The van der Waals surface area contributed by atoms with Crippen LogP contribution in [0, 0.1) is 41.0 Å². The van der Waals surface area contributed by atoms with Crippen LogP contribution >= 0.6 is 11.6 Å². The van der Waals surface area contributed by atoms with Gasteiger partial charge in [-0.1, -0.05) is 89.2 Å². The summed E-state index contributed by atoms with van der Waals surface area (Å²) < 4.78 is 57.6. The van der Waals surface area contributed by atoms with Gasteiger partial charge in [0.25, 0.3) is 0 Å². The molecule has 2 aromatic rings. The first-order chi connectivity index (χ1) is 17.9. The topological polar surface area (TPSA) is 0 Å². The Bertz CT molecular complexity index is 973. The Morgan fingerprint density at radius 2 is 1.11 bits per heavy atom. The largest absolute Gasteiger partial charge is 0.206 e. The van der Waals surface area contributed by atoms with E-state index in [1.54, 1.807) is 0 Å². The highest BCUT2D eigenvalue weighted by atomic mass is 35.5. The Hall–Kier alpha value is -1.55. The highest BCUT2D eigenvalue weighted by Gasteiger charge is 2.27. The van der Waals surface area contributed by atoms with Gasteiger partial charge in [-0.05, 0) is 84.7 Å². The maximum absolute atomic E-state index is 14.9. The minimum atomic E-state index is -1.03. The summed E-state index contributed by atoms with van der Waals surface area (Å²) in [6.07, 6.45) is 19.1. The van der Waals surface area contributed by atoms with Crippen LogP contribution in [0.4, 0.5) is 17.6 Å². The lowest BCUT2D eigenvalue weighted by molar-refractivity contribution is 0.222. The number of hydrogen-bond acceptors (Lipinski definition) is 0. The summed E-state index contributed by atoms with van der Waals surface area (Å²) in [5.41, 5.74) is 0.0436. The van der Waals surface area contributed by atoms with E-state index in [0.717, 1.165) is 49.7 Å². The molecule has 0 spiro atoms. The van der Waals surface area contributed by atoms with Crippen molar-refractivity contribution in [1.29, 1.82) is 0 Å². The summed E-state index contributed by atoms with van der Waals surface area (Å²) in [5, 5.41) is -0.677. The van der Waals surface area contributed by atoms with Gasteiger partial charge in [0.1, 0.15) is 28.3 Å². The molecule has 204 valence electrons. The molecule has 0 nitrogen and oxygen atoms in total. The molecular weight excluding hydrogens is 496 g/mol. The Morgan fingerprint density at radius 1 is 0.622 bits per heavy atom. The van der Waals surface area contributed by atoms with Crippen molar-refractivity contribution in [3.8, 4) is 11.1 Å². The summed E-state index contributed by atoms with van der Waals surface area (Å²) in [7, 11) is 0. The zero-order valence-corrected chi connectivity index (χ0v) is 22.9. The van der Waals surface area contributed by atoms with Crippen LogP contribution in [-0.4, -0.2) is 0 Å². The quantitative estimate of drug-likeness (QED) is 0.161. The molecule has 0 atom stereocenters. The van der Waals surface area contributed by atoms with E-state index in [-0.39, 0.29) is 11.5 Å². The first-order valence-electron chi connectivity index (χ1n) is 14.5. The van der Waals surface area contributed by atoms with Crippen molar-refractivity contribution in [2.75, 3.05) is 0 Å². The van der Waals surface area contributed by atoms with E-state index < -0.39 is 33.9 Å². The van der Waals surface area contributed by atoms with Crippen molar-refractivity contribution < 1.29 is 17.6 Å². The molecule has 37 heavy (non-hydrogen) atoms. The van der Waals surface area contributed by atoms with Crippen LogP contribution in [0.1, 0.15) is 115 Å². The van der Waals surface area contributed by atoms with Gasteiger partial charge in [-0.2, -0.15) is 0 Å². The van der Waals surface area contributed by atoms with Gasteiger partial charge in [0.05, 0.1) is 5.56 Å². The van der Waals surface area contributed by atoms with Crippen LogP contribution in [0.3, 0.4) is 0 Å². The molecule has 0 radical (unpaired) electrons. The zero-order chi connectivity index (χ0) is 26.4. The summed E-state index contributed by atoms with van der Waals surface area (Å²) in [6.45, 7) is 2.27. The Balaban J connectivity index is 1.24. The van der Waals surface area contributed by atoms with E-state index in [1.807, 2.05) is 0 Å². The van der Waals surface area contributed by atoms with E-state index in [0.29, 0.717) is 11.5 Å². The van der Waals surface area contributed by atoms with Crippen molar-refractivity contribution in [3.05, 3.63) is 58.1 Å². The van der Waals surface area contributed by atoms with Gasteiger partial charge >= 0.3 is 0 Å². The normalized spacial score (nSPS) is 24.4. The Morgan fingerprint density at radius 3 is 1.62 bits per heavy atom. The van der Waals surface area contributed by atoms with Gasteiger partial charge in [0, 0.05) is 0 Å². The fraction of sp³-hybridized carbons (Fsp3) is 0.625.